The molecule has 2 N–H and O–H groups in total. The number of hydrogen-bond donors (Lipinski definition) is 2. The van der Waals surface area contributed by atoms with Crippen LogP contribution in [-0.4, -0.2) is 46.3 Å². The summed E-state index contributed by atoms with van der Waals surface area (Å²) in [5.41, 5.74) is 1.86. The molecule has 1 fully saturated rings. The van der Waals surface area contributed by atoms with Crippen molar-refractivity contribution in [1.29, 1.82) is 0 Å². The van der Waals surface area contributed by atoms with Gasteiger partial charge < -0.3 is 15.5 Å². The minimum Gasteiger partial charge on any atom is -0.329 e. The van der Waals surface area contributed by atoms with Crippen LogP contribution in [0.15, 0.2) is 42.7 Å². The van der Waals surface area contributed by atoms with Gasteiger partial charge in [-0.3, -0.25) is 9.48 Å². The van der Waals surface area contributed by atoms with Gasteiger partial charge in [-0.2, -0.15) is 5.10 Å². The molecule has 1 saturated heterocycles. The van der Waals surface area contributed by atoms with Gasteiger partial charge in [-0.05, 0) is 24.1 Å². The first-order valence-corrected chi connectivity index (χ1v) is 7.98. The van der Waals surface area contributed by atoms with Gasteiger partial charge in [-0.25, -0.2) is 4.79 Å². The molecule has 0 saturated carbocycles. The number of aromatic nitrogens is 2. The number of nitrogens with zero attached hydrogens (tertiary/aromatic N) is 3. The number of carbonyl (C=O) groups excluding carboxylic acids is 2. The Hall–Kier alpha value is -2.83. The second kappa shape index (κ2) is 7.16. The fourth-order valence-electron chi connectivity index (χ4n) is 2.86. The van der Waals surface area contributed by atoms with Crippen molar-refractivity contribution >= 4 is 17.6 Å². The average Bonchev–Trinajstić information content (AvgIpc) is 3.22. The van der Waals surface area contributed by atoms with Crippen molar-refractivity contribution in [2.24, 2.45) is 7.05 Å². The zero-order valence-corrected chi connectivity index (χ0v) is 13.6. The van der Waals surface area contributed by atoms with Crippen LogP contribution >= 0.6 is 0 Å². The van der Waals surface area contributed by atoms with E-state index in [1.807, 2.05) is 37.6 Å². The molecular formula is C17H21N5O2. The lowest BCUT2D eigenvalue weighted by Gasteiger charge is -2.17. The SMILES string of the molecule is Cn1cc(C2CCN(C(=O)NCC(=O)Nc3ccccc3)C2)cn1. The molecule has 3 amide bonds. The van der Waals surface area contributed by atoms with Crippen LogP contribution in [0.25, 0.3) is 0 Å². The molecule has 7 nitrogen and oxygen atoms in total. The highest BCUT2D eigenvalue weighted by atomic mass is 16.2. The first kappa shape index (κ1) is 16.0. The number of rotatable bonds is 4. The maximum atomic E-state index is 12.2. The Bertz CT molecular complexity index is 713. The molecule has 24 heavy (non-hydrogen) atoms. The number of aryl methyl sites for hydroxylation is 1. The molecule has 0 radical (unpaired) electrons. The van der Waals surface area contributed by atoms with Crippen LogP contribution in [-0.2, 0) is 11.8 Å². The number of hydrogen-bond acceptors (Lipinski definition) is 3. The summed E-state index contributed by atoms with van der Waals surface area (Å²) in [6.45, 7) is 1.30. The third-order valence-corrected chi connectivity index (χ3v) is 4.13. The second-order valence-corrected chi connectivity index (χ2v) is 5.95. The van der Waals surface area contributed by atoms with Crippen molar-refractivity contribution in [2.75, 3.05) is 25.0 Å². The van der Waals surface area contributed by atoms with Crippen LogP contribution < -0.4 is 10.6 Å². The predicted molar refractivity (Wildman–Crippen MR) is 90.6 cm³/mol. The largest absolute Gasteiger partial charge is 0.329 e. The Balaban J connectivity index is 1.45. The first-order valence-electron chi connectivity index (χ1n) is 7.98. The molecule has 7 heteroatoms. The molecular weight excluding hydrogens is 306 g/mol. The number of amides is 3. The van der Waals surface area contributed by atoms with Gasteiger partial charge in [0.05, 0.1) is 12.7 Å². The summed E-state index contributed by atoms with van der Waals surface area (Å²) in [7, 11) is 1.88. The fraction of sp³-hybridized carbons (Fsp3) is 0.353. The van der Waals surface area contributed by atoms with Crippen LogP contribution in [0.1, 0.15) is 17.9 Å². The Morgan fingerprint density at radius 3 is 2.79 bits per heavy atom. The monoisotopic (exact) mass is 327 g/mol. The number of carbonyl (C=O) groups is 2. The molecule has 1 aliphatic rings. The van der Waals surface area contributed by atoms with Gasteiger partial charge in [0.25, 0.3) is 0 Å². The van der Waals surface area contributed by atoms with Crippen molar-refractivity contribution < 1.29 is 9.59 Å². The fourth-order valence-corrected chi connectivity index (χ4v) is 2.86. The number of anilines is 1. The smallest absolute Gasteiger partial charge is 0.317 e. The summed E-state index contributed by atoms with van der Waals surface area (Å²) in [6.07, 6.45) is 4.74. The standard InChI is InChI=1S/C17H21N5O2/c1-21-11-14(9-19-21)13-7-8-22(12-13)17(24)18-10-16(23)20-15-5-3-2-4-6-15/h2-6,9,11,13H,7-8,10,12H2,1H3,(H,18,24)(H,20,23). The molecule has 1 aliphatic heterocycles. The van der Waals surface area contributed by atoms with Gasteiger partial charge in [-0.1, -0.05) is 18.2 Å². The molecule has 2 aromatic rings. The number of para-hydroxylation sites is 1. The van der Waals surface area contributed by atoms with Crippen LogP contribution in [0, 0.1) is 0 Å². The molecule has 2 heterocycles. The molecule has 126 valence electrons. The van der Waals surface area contributed by atoms with Crippen molar-refractivity contribution in [3.05, 3.63) is 48.3 Å². The third-order valence-electron chi connectivity index (χ3n) is 4.13. The zero-order valence-electron chi connectivity index (χ0n) is 13.6. The summed E-state index contributed by atoms with van der Waals surface area (Å²) in [4.78, 5) is 25.8. The highest BCUT2D eigenvalue weighted by Gasteiger charge is 2.28. The Morgan fingerprint density at radius 1 is 1.29 bits per heavy atom. The minimum absolute atomic E-state index is 0.0399. The van der Waals surface area contributed by atoms with Gasteiger partial charge in [0.2, 0.25) is 5.91 Å². The van der Waals surface area contributed by atoms with Crippen LogP contribution in [0.2, 0.25) is 0 Å². The lowest BCUT2D eigenvalue weighted by molar-refractivity contribution is -0.115. The quantitative estimate of drug-likeness (QED) is 0.894. The number of benzene rings is 1. The first-order chi connectivity index (χ1) is 11.6. The van der Waals surface area contributed by atoms with E-state index in [1.165, 1.54) is 0 Å². The Morgan fingerprint density at radius 2 is 2.08 bits per heavy atom. The van der Waals surface area contributed by atoms with Gasteiger partial charge in [-0.15, -0.1) is 0 Å². The molecule has 1 atom stereocenters. The second-order valence-electron chi connectivity index (χ2n) is 5.95. The van der Waals surface area contributed by atoms with E-state index in [-0.39, 0.29) is 18.5 Å². The van der Waals surface area contributed by atoms with E-state index in [2.05, 4.69) is 15.7 Å². The zero-order chi connectivity index (χ0) is 16.9. The van der Waals surface area contributed by atoms with Crippen molar-refractivity contribution in [3.8, 4) is 0 Å². The van der Waals surface area contributed by atoms with Crippen molar-refractivity contribution in [2.45, 2.75) is 12.3 Å². The third kappa shape index (κ3) is 3.92. The lowest BCUT2D eigenvalue weighted by atomic mass is 10.0. The summed E-state index contributed by atoms with van der Waals surface area (Å²) < 4.78 is 1.77. The normalized spacial score (nSPS) is 16.9. The van der Waals surface area contributed by atoms with E-state index < -0.39 is 0 Å². The summed E-state index contributed by atoms with van der Waals surface area (Å²) in [6, 6.07) is 8.97. The van der Waals surface area contributed by atoms with E-state index in [1.54, 1.807) is 21.7 Å². The lowest BCUT2D eigenvalue weighted by Crippen LogP contribution is -2.41. The number of nitrogens with one attached hydrogen (secondary N) is 2. The van der Waals surface area contributed by atoms with Crippen LogP contribution in [0.3, 0.4) is 0 Å². The average molecular weight is 327 g/mol. The molecule has 1 aromatic heterocycles. The highest BCUT2D eigenvalue weighted by molar-refractivity contribution is 5.94. The molecule has 3 rings (SSSR count). The maximum absolute atomic E-state index is 12.2. The molecule has 0 bridgehead atoms. The van der Waals surface area contributed by atoms with E-state index in [0.717, 1.165) is 17.7 Å². The minimum atomic E-state index is -0.238. The molecule has 1 aromatic carbocycles. The highest BCUT2D eigenvalue weighted by Crippen LogP contribution is 2.26. The van der Waals surface area contributed by atoms with Gasteiger partial charge >= 0.3 is 6.03 Å². The summed E-state index contributed by atoms with van der Waals surface area (Å²) >= 11 is 0. The van der Waals surface area contributed by atoms with Gasteiger partial charge in [0.1, 0.15) is 0 Å². The van der Waals surface area contributed by atoms with Crippen LogP contribution in [0.4, 0.5) is 10.5 Å². The number of likely N-dealkylation sites (tertiary alicyclic amines) is 1. The van der Waals surface area contributed by atoms with Gasteiger partial charge in [0.15, 0.2) is 0 Å². The van der Waals surface area contributed by atoms with E-state index >= 15 is 0 Å². The Labute approximate surface area is 140 Å². The topological polar surface area (TPSA) is 79.3 Å². The van der Waals surface area contributed by atoms with Gasteiger partial charge in [0, 0.05) is 37.9 Å². The summed E-state index contributed by atoms with van der Waals surface area (Å²) in [5.74, 6) is 0.0696. The predicted octanol–water partition coefficient (Wildman–Crippen LogP) is 1.56. The Kier molecular flexibility index (Phi) is 4.79. The molecule has 0 spiro atoms. The van der Waals surface area contributed by atoms with E-state index in [4.69, 9.17) is 0 Å². The van der Waals surface area contributed by atoms with Crippen molar-refractivity contribution in [3.63, 3.8) is 0 Å². The van der Waals surface area contributed by atoms with E-state index in [0.29, 0.717) is 19.0 Å². The summed E-state index contributed by atoms with van der Waals surface area (Å²) in [5, 5.41) is 9.59. The maximum Gasteiger partial charge on any atom is 0.317 e. The van der Waals surface area contributed by atoms with E-state index in [9.17, 15) is 9.59 Å². The molecule has 1 unspecified atom stereocenters. The molecule has 0 aliphatic carbocycles. The van der Waals surface area contributed by atoms with Crippen molar-refractivity contribution in [1.82, 2.24) is 20.0 Å². The van der Waals surface area contributed by atoms with Crippen LogP contribution in [0.5, 0.6) is 0 Å². The number of urea groups is 1.